The van der Waals surface area contributed by atoms with Gasteiger partial charge in [-0.1, -0.05) is 29.3 Å². The third kappa shape index (κ3) is 2.13. The van der Waals surface area contributed by atoms with E-state index in [4.69, 9.17) is 27.6 Å². The van der Waals surface area contributed by atoms with Gasteiger partial charge in [0, 0.05) is 5.56 Å². The molecule has 3 aromatic rings. The molecule has 20 heavy (non-hydrogen) atoms. The lowest BCUT2D eigenvalue weighted by atomic mass is 10.0. The Labute approximate surface area is 122 Å². The summed E-state index contributed by atoms with van der Waals surface area (Å²) in [7, 11) is 0. The molecule has 0 aliphatic carbocycles. The molecule has 0 unspecified atom stereocenters. The maximum Gasteiger partial charge on any atom is 0.417 e. The number of rotatable bonds is 2. The van der Waals surface area contributed by atoms with Crippen molar-refractivity contribution in [1.82, 2.24) is 4.98 Å². The highest BCUT2D eigenvalue weighted by Gasteiger charge is 2.17. The highest BCUT2D eigenvalue weighted by Crippen LogP contribution is 2.27. The summed E-state index contributed by atoms with van der Waals surface area (Å²) < 4.78 is 4.93. The van der Waals surface area contributed by atoms with E-state index in [1.54, 1.807) is 30.3 Å². The molecule has 100 valence electrons. The zero-order valence-corrected chi connectivity index (χ0v) is 11.5. The summed E-state index contributed by atoms with van der Waals surface area (Å²) in [5, 5.41) is 0.552. The molecule has 4 nitrogen and oxygen atoms in total. The fourth-order valence-electron chi connectivity index (χ4n) is 1.95. The molecule has 1 N–H and O–H groups in total. The van der Waals surface area contributed by atoms with Crippen molar-refractivity contribution < 1.29 is 9.21 Å². The van der Waals surface area contributed by atoms with Crippen LogP contribution in [0, 0.1) is 0 Å². The van der Waals surface area contributed by atoms with E-state index in [0.717, 1.165) is 0 Å². The summed E-state index contributed by atoms with van der Waals surface area (Å²) in [4.78, 5) is 26.0. The number of hydrogen-bond acceptors (Lipinski definition) is 3. The van der Waals surface area contributed by atoms with Gasteiger partial charge in [0.1, 0.15) is 0 Å². The van der Waals surface area contributed by atoms with Crippen LogP contribution < -0.4 is 5.76 Å². The number of H-pyrrole nitrogens is 1. The Balaban J connectivity index is 2.15. The molecule has 0 saturated heterocycles. The molecule has 0 amide bonds. The molecule has 0 aliphatic rings. The van der Waals surface area contributed by atoms with Gasteiger partial charge >= 0.3 is 5.76 Å². The zero-order chi connectivity index (χ0) is 14.3. The van der Waals surface area contributed by atoms with Gasteiger partial charge in [-0.25, -0.2) is 4.79 Å². The lowest BCUT2D eigenvalue weighted by molar-refractivity contribution is 0.103. The fourth-order valence-corrected chi connectivity index (χ4v) is 2.51. The number of aromatic nitrogens is 1. The lowest BCUT2D eigenvalue weighted by Gasteiger charge is -2.05. The first-order chi connectivity index (χ1) is 9.56. The van der Waals surface area contributed by atoms with Crippen LogP contribution >= 0.6 is 23.2 Å². The van der Waals surface area contributed by atoms with E-state index in [1.807, 2.05) is 0 Å². The van der Waals surface area contributed by atoms with Crippen molar-refractivity contribution >= 4 is 40.1 Å². The summed E-state index contributed by atoms with van der Waals surface area (Å²) >= 11 is 12.0. The van der Waals surface area contributed by atoms with Crippen LogP contribution in [0.15, 0.2) is 45.6 Å². The summed E-state index contributed by atoms with van der Waals surface area (Å²) in [6.45, 7) is 0. The predicted molar refractivity (Wildman–Crippen MR) is 76.7 cm³/mol. The average molecular weight is 308 g/mol. The highest BCUT2D eigenvalue weighted by atomic mass is 35.5. The Hall–Kier alpha value is -2.04. The van der Waals surface area contributed by atoms with E-state index in [-0.39, 0.29) is 21.4 Å². The fraction of sp³-hybridized carbons (Fsp3) is 0. The number of fused-ring (bicyclic) bond motifs is 1. The van der Waals surface area contributed by atoms with Gasteiger partial charge in [0.15, 0.2) is 11.4 Å². The maximum atomic E-state index is 12.4. The maximum absolute atomic E-state index is 12.4. The van der Waals surface area contributed by atoms with Gasteiger partial charge in [0.25, 0.3) is 0 Å². The van der Waals surface area contributed by atoms with Crippen molar-refractivity contribution in [2.75, 3.05) is 0 Å². The third-order valence-electron chi connectivity index (χ3n) is 2.87. The molecule has 0 radical (unpaired) electrons. The molecular weight excluding hydrogens is 301 g/mol. The number of hydrogen-bond donors (Lipinski definition) is 1. The van der Waals surface area contributed by atoms with Crippen LogP contribution in [-0.2, 0) is 0 Å². The minimum absolute atomic E-state index is 0.230. The SMILES string of the molecule is O=C(c1ccc2[nH]c(=O)oc2c1)c1c(Cl)cccc1Cl. The first-order valence-electron chi connectivity index (χ1n) is 5.68. The van der Waals surface area contributed by atoms with Crippen LogP contribution in [0.4, 0.5) is 0 Å². The molecule has 0 bridgehead atoms. The largest absolute Gasteiger partial charge is 0.417 e. The third-order valence-corrected chi connectivity index (χ3v) is 3.50. The second-order valence-corrected chi connectivity index (χ2v) is 4.97. The van der Waals surface area contributed by atoms with Gasteiger partial charge in [-0.15, -0.1) is 0 Å². The van der Waals surface area contributed by atoms with E-state index < -0.39 is 5.76 Å². The molecule has 1 aromatic heterocycles. The number of benzene rings is 2. The smallest absolute Gasteiger partial charge is 0.408 e. The number of oxazole rings is 1. The Morgan fingerprint density at radius 2 is 1.80 bits per heavy atom. The number of halogens is 2. The van der Waals surface area contributed by atoms with E-state index >= 15 is 0 Å². The topological polar surface area (TPSA) is 63.1 Å². The van der Waals surface area contributed by atoms with Crippen molar-refractivity contribution in [2.24, 2.45) is 0 Å². The molecule has 6 heteroatoms. The van der Waals surface area contributed by atoms with Crippen molar-refractivity contribution in [1.29, 1.82) is 0 Å². The monoisotopic (exact) mass is 307 g/mol. The summed E-state index contributed by atoms with van der Waals surface area (Å²) in [5.74, 6) is -0.897. The highest BCUT2D eigenvalue weighted by molar-refractivity contribution is 6.41. The molecule has 0 saturated carbocycles. The van der Waals surface area contributed by atoms with Gasteiger partial charge in [-0.3, -0.25) is 9.78 Å². The van der Waals surface area contributed by atoms with Crippen molar-refractivity contribution in [3.8, 4) is 0 Å². The summed E-state index contributed by atoms with van der Waals surface area (Å²) in [6, 6.07) is 9.50. The number of nitrogens with one attached hydrogen (secondary N) is 1. The van der Waals surface area contributed by atoms with Crippen LogP contribution in [0.2, 0.25) is 10.0 Å². The van der Waals surface area contributed by atoms with Crippen LogP contribution in [0.1, 0.15) is 15.9 Å². The standard InChI is InChI=1S/C14H7Cl2NO3/c15-8-2-1-3-9(16)12(8)13(18)7-4-5-10-11(6-7)20-14(19)17-10/h1-6H,(H,17,19). The normalized spacial score (nSPS) is 10.9. The van der Waals surface area contributed by atoms with E-state index in [9.17, 15) is 9.59 Å². The minimum Gasteiger partial charge on any atom is -0.408 e. The molecule has 3 rings (SSSR count). The number of carbonyl (C=O) groups excluding carboxylic acids is 1. The second-order valence-electron chi connectivity index (χ2n) is 4.15. The van der Waals surface area contributed by atoms with Gasteiger partial charge in [0.2, 0.25) is 0 Å². The van der Waals surface area contributed by atoms with Gasteiger partial charge < -0.3 is 4.42 Å². The Bertz CT molecular complexity index is 859. The molecule has 2 aromatic carbocycles. The molecule has 0 fully saturated rings. The molecule has 0 aliphatic heterocycles. The number of aromatic amines is 1. The summed E-state index contributed by atoms with van der Waals surface area (Å²) in [5.41, 5.74) is 1.41. The predicted octanol–water partition coefficient (Wildman–Crippen LogP) is 3.66. The Morgan fingerprint density at radius 3 is 2.50 bits per heavy atom. The molecule has 1 heterocycles. The first-order valence-corrected chi connectivity index (χ1v) is 6.43. The molecule has 0 atom stereocenters. The van der Waals surface area contributed by atoms with Crippen molar-refractivity contribution in [3.63, 3.8) is 0 Å². The Morgan fingerprint density at radius 1 is 1.10 bits per heavy atom. The van der Waals surface area contributed by atoms with Gasteiger partial charge in [0.05, 0.1) is 21.1 Å². The van der Waals surface area contributed by atoms with Crippen molar-refractivity contribution in [2.45, 2.75) is 0 Å². The van der Waals surface area contributed by atoms with E-state index in [1.165, 1.54) is 6.07 Å². The quantitative estimate of drug-likeness (QED) is 0.735. The van der Waals surface area contributed by atoms with Crippen LogP contribution in [0.25, 0.3) is 11.1 Å². The van der Waals surface area contributed by atoms with Gasteiger partial charge in [-0.05, 0) is 30.3 Å². The number of carbonyl (C=O) groups is 1. The van der Waals surface area contributed by atoms with Gasteiger partial charge in [-0.2, -0.15) is 0 Å². The molecule has 0 spiro atoms. The van der Waals surface area contributed by atoms with Crippen LogP contribution in [0.3, 0.4) is 0 Å². The number of ketones is 1. The summed E-state index contributed by atoms with van der Waals surface area (Å²) in [6.07, 6.45) is 0. The lowest BCUT2D eigenvalue weighted by Crippen LogP contribution is -2.03. The second kappa shape index (κ2) is 4.81. The molecular formula is C14H7Cl2NO3. The van der Waals surface area contributed by atoms with Crippen molar-refractivity contribution in [3.05, 3.63) is 68.1 Å². The Kier molecular flexibility index (Phi) is 3.12. The average Bonchev–Trinajstić information content (AvgIpc) is 2.77. The first kappa shape index (κ1) is 13.0. The van der Waals surface area contributed by atoms with Crippen LogP contribution in [0.5, 0.6) is 0 Å². The van der Waals surface area contributed by atoms with E-state index in [2.05, 4.69) is 4.98 Å². The van der Waals surface area contributed by atoms with Crippen LogP contribution in [-0.4, -0.2) is 10.8 Å². The minimum atomic E-state index is -0.569. The van der Waals surface area contributed by atoms with E-state index in [0.29, 0.717) is 16.7 Å². The zero-order valence-electron chi connectivity index (χ0n) is 9.94.